The molecule has 3 N–H and O–H groups in total. The summed E-state index contributed by atoms with van der Waals surface area (Å²) >= 11 is 0. The van der Waals surface area contributed by atoms with Crippen molar-refractivity contribution in [2.45, 2.75) is 39.2 Å². The zero-order valence-corrected chi connectivity index (χ0v) is 18.3. The molecule has 1 aromatic rings. The van der Waals surface area contributed by atoms with E-state index in [-0.39, 0.29) is 24.0 Å². The predicted molar refractivity (Wildman–Crippen MR) is 121 cm³/mol. The third kappa shape index (κ3) is 8.40. The van der Waals surface area contributed by atoms with Gasteiger partial charge in [-0.25, -0.2) is 0 Å². The van der Waals surface area contributed by atoms with Crippen LogP contribution in [0.3, 0.4) is 0 Å². The van der Waals surface area contributed by atoms with Gasteiger partial charge < -0.3 is 15.7 Å². The highest BCUT2D eigenvalue weighted by molar-refractivity contribution is 14.0. The van der Waals surface area contributed by atoms with E-state index in [2.05, 4.69) is 41.0 Å². The van der Waals surface area contributed by atoms with Crippen LogP contribution >= 0.6 is 24.0 Å². The van der Waals surface area contributed by atoms with Crippen molar-refractivity contribution in [1.29, 1.82) is 0 Å². The molecule has 0 aliphatic carbocycles. The van der Waals surface area contributed by atoms with E-state index < -0.39 is 0 Å². The number of hydrogen-bond acceptors (Lipinski definition) is 3. The number of aromatic hydroxyl groups is 1. The van der Waals surface area contributed by atoms with Crippen LogP contribution in [-0.4, -0.2) is 54.7 Å². The van der Waals surface area contributed by atoms with Crippen LogP contribution in [0.25, 0.3) is 0 Å². The smallest absolute Gasteiger partial charge is 0.191 e. The van der Waals surface area contributed by atoms with Crippen molar-refractivity contribution in [3.05, 3.63) is 42.0 Å². The minimum atomic E-state index is 0. The largest absolute Gasteiger partial charge is 0.508 e. The molecule has 1 aliphatic rings. The molecule has 1 aliphatic heterocycles. The van der Waals surface area contributed by atoms with Crippen LogP contribution in [0.4, 0.5) is 0 Å². The lowest BCUT2D eigenvalue weighted by Crippen LogP contribution is -2.48. The zero-order chi connectivity index (χ0) is 18.1. The van der Waals surface area contributed by atoms with Crippen molar-refractivity contribution >= 4 is 29.9 Å². The average molecular weight is 472 g/mol. The number of halogens is 1. The summed E-state index contributed by atoms with van der Waals surface area (Å²) in [4.78, 5) is 7.15. The van der Waals surface area contributed by atoms with Crippen LogP contribution < -0.4 is 10.6 Å². The number of likely N-dealkylation sites (tertiary alicyclic amines) is 1. The summed E-state index contributed by atoms with van der Waals surface area (Å²) in [6.45, 7) is 12.9. The minimum Gasteiger partial charge on any atom is -0.508 e. The number of aliphatic imine (C=N–C) groups is 1. The van der Waals surface area contributed by atoms with E-state index in [1.165, 1.54) is 5.57 Å². The third-order valence-corrected chi connectivity index (χ3v) is 4.35. The number of nitrogens with zero attached hydrogens (tertiary/aromatic N) is 2. The number of piperidine rings is 1. The van der Waals surface area contributed by atoms with Crippen LogP contribution in [0.2, 0.25) is 0 Å². The van der Waals surface area contributed by atoms with Gasteiger partial charge in [0.25, 0.3) is 0 Å². The maximum absolute atomic E-state index is 9.53. The molecule has 0 amide bonds. The Morgan fingerprint density at radius 2 is 2.08 bits per heavy atom. The van der Waals surface area contributed by atoms with Crippen LogP contribution in [0.15, 0.2) is 41.4 Å². The Balaban J connectivity index is 0.00000338. The topological polar surface area (TPSA) is 59.9 Å². The predicted octanol–water partition coefficient (Wildman–Crippen LogP) is 3.15. The number of hydrogen-bond donors (Lipinski definition) is 3. The molecule has 146 valence electrons. The second kappa shape index (κ2) is 12.2. The number of phenols is 1. The van der Waals surface area contributed by atoms with Crippen LogP contribution in [-0.2, 0) is 6.42 Å². The molecule has 0 aromatic heterocycles. The first-order valence-electron chi connectivity index (χ1n) is 9.26. The fourth-order valence-corrected chi connectivity index (χ4v) is 3.14. The summed E-state index contributed by atoms with van der Waals surface area (Å²) in [5.41, 5.74) is 2.33. The van der Waals surface area contributed by atoms with E-state index >= 15 is 0 Å². The number of benzene rings is 1. The van der Waals surface area contributed by atoms with Crippen molar-refractivity contribution < 1.29 is 5.11 Å². The van der Waals surface area contributed by atoms with Gasteiger partial charge in [0, 0.05) is 38.8 Å². The van der Waals surface area contributed by atoms with Crippen LogP contribution in [0.5, 0.6) is 5.75 Å². The molecule has 2 rings (SSSR count). The summed E-state index contributed by atoms with van der Waals surface area (Å²) in [6.07, 6.45) is 3.08. The lowest BCUT2D eigenvalue weighted by Gasteiger charge is -2.33. The Morgan fingerprint density at radius 3 is 2.69 bits per heavy atom. The maximum Gasteiger partial charge on any atom is 0.191 e. The average Bonchev–Trinajstić information content (AvgIpc) is 2.56. The van der Waals surface area contributed by atoms with Crippen molar-refractivity contribution in [1.82, 2.24) is 15.5 Å². The highest BCUT2D eigenvalue weighted by Crippen LogP contribution is 2.12. The molecule has 0 unspecified atom stereocenters. The molecular formula is C20H33IN4O. The van der Waals surface area contributed by atoms with E-state index in [0.29, 0.717) is 18.3 Å². The Labute approximate surface area is 175 Å². The Kier molecular flexibility index (Phi) is 10.7. The lowest BCUT2D eigenvalue weighted by atomic mass is 10.0. The fourth-order valence-electron chi connectivity index (χ4n) is 3.14. The summed E-state index contributed by atoms with van der Waals surface area (Å²) in [5.74, 6) is 1.20. The van der Waals surface area contributed by atoms with Gasteiger partial charge >= 0.3 is 0 Å². The summed E-state index contributed by atoms with van der Waals surface area (Å²) < 4.78 is 0. The number of guanidine groups is 1. The van der Waals surface area contributed by atoms with Gasteiger partial charge in [-0.1, -0.05) is 24.3 Å². The molecule has 26 heavy (non-hydrogen) atoms. The molecule has 0 spiro atoms. The SMILES string of the molecule is C=C(C)CN1CCC(NC(=NCCc2cccc(O)c2)NCC)CC1.I. The van der Waals surface area contributed by atoms with Crippen molar-refractivity contribution in [2.75, 3.05) is 32.7 Å². The fraction of sp³-hybridized carbons (Fsp3) is 0.550. The van der Waals surface area contributed by atoms with Gasteiger partial charge in [0.05, 0.1) is 0 Å². The molecule has 1 aromatic carbocycles. The zero-order valence-electron chi connectivity index (χ0n) is 16.0. The second-order valence-electron chi connectivity index (χ2n) is 6.83. The first kappa shape index (κ1) is 22.8. The first-order chi connectivity index (χ1) is 12.1. The standard InChI is InChI=1S/C20H32N4O.HI/c1-4-21-20(22-11-8-17-6-5-7-19(25)14-17)23-18-9-12-24(13-10-18)15-16(2)3;/h5-7,14,18,25H,2,4,8-13,15H2,1,3H3,(H2,21,22,23);1H. The van der Waals surface area contributed by atoms with Gasteiger partial charge in [0.15, 0.2) is 5.96 Å². The number of nitrogens with one attached hydrogen (secondary N) is 2. The van der Waals surface area contributed by atoms with Gasteiger partial charge in [-0.3, -0.25) is 9.89 Å². The van der Waals surface area contributed by atoms with Crippen molar-refractivity contribution in [2.24, 2.45) is 4.99 Å². The summed E-state index contributed by atoms with van der Waals surface area (Å²) in [5, 5.41) is 16.4. The van der Waals surface area contributed by atoms with E-state index in [0.717, 1.165) is 57.0 Å². The monoisotopic (exact) mass is 472 g/mol. The molecule has 0 saturated carbocycles. The van der Waals surface area contributed by atoms with Gasteiger partial charge in [-0.15, -0.1) is 24.0 Å². The van der Waals surface area contributed by atoms with E-state index in [9.17, 15) is 5.11 Å². The van der Waals surface area contributed by atoms with Gasteiger partial charge in [0.1, 0.15) is 5.75 Å². The van der Waals surface area contributed by atoms with Crippen LogP contribution in [0.1, 0.15) is 32.3 Å². The maximum atomic E-state index is 9.53. The quantitative estimate of drug-likeness (QED) is 0.247. The first-order valence-corrected chi connectivity index (χ1v) is 9.26. The number of rotatable bonds is 7. The molecule has 0 radical (unpaired) electrons. The molecule has 5 nitrogen and oxygen atoms in total. The Morgan fingerprint density at radius 1 is 1.35 bits per heavy atom. The summed E-state index contributed by atoms with van der Waals surface area (Å²) in [6, 6.07) is 7.86. The third-order valence-electron chi connectivity index (χ3n) is 4.35. The highest BCUT2D eigenvalue weighted by atomic mass is 127. The Hall–Kier alpha value is -1.28. The van der Waals surface area contributed by atoms with Gasteiger partial charge in [-0.05, 0) is 50.8 Å². The Bertz CT molecular complexity index is 583. The molecule has 0 atom stereocenters. The van der Waals surface area contributed by atoms with Crippen LogP contribution in [0, 0.1) is 0 Å². The minimum absolute atomic E-state index is 0. The van der Waals surface area contributed by atoms with E-state index in [4.69, 9.17) is 0 Å². The second-order valence-corrected chi connectivity index (χ2v) is 6.83. The molecule has 6 heteroatoms. The van der Waals surface area contributed by atoms with E-state index in [1.807, 2.05) is 12.1 Å². The number of phenolic OH excluding ortho intramolecular Hbond substituents is 1. The molecule has 1 saturated heterocycles. The molecule has 1 heterocycles. The molecule has 0 bridgehead atoms. The highest BCUT2D eigenvalue weighted by Gasteiger charge is 2.19. The normalized spacial score (nSPS) is 16.0. The van der Waals surface area contributed by atoms with E-state index in [1.54, 1.807) is 12.1 Å². The molecule has 1 fully saturated rings. The summed E-state index contributed by atoms with van der Waals surface area (Å²) in [7, 11) is 0. The van der Waals surface area contributed by atoms with Gasteiger partial charge in [0.2, 0.25) is 0 Å². The lowest BCUT2D eigenvalue weighted by molar-refractivity contribution is 0.221. The van der Waals surface area contributed by atoms with Gasteiger partial charge in [-0.2, -0.15) is 0 Å². The van der Waals surface area contributed by atoms with Crippen molar-refractivity contribution in [3.63, 3.8) is 0 Å². The van der Waals surface area contributed by atoms with Crippen molar-refractivity contribution in [3.8, 4) is 5.75 Å². The molecular weight excluding hydrogens is 439 g/mol.